The van der Waals surface area contributed by atoms with Crippen LogP contribution in [-0.2, 0) is 4.79 Å². The third kappa shape index (κ3) is 9.14. The fourth-order valence-corrected chi connectivity index (χ4v) is 0.824. The molecule has 7 heteroatoms. The Hall–Kier alpha value is -0.950. The molecule has 1 atom stereocenters. The number of nitrogens with one attached hydrogen (secondary N) is 1. The Bertz CT molecular complexity index is 189. The Labute approximate surface area is 89.5 Å². The number of nitrogens with two attached hydrogens (primary N) is 2. The summed E-state index contributed by atoms with van der Waals surface area (Å²) in [4.78, 5) is 20.5. The Balaban J connectivity index is 0. The number of carboxylic acids is 1. The first-order valence-electron chi connectivity index (χ1n) is 4.05. The lowest BCUT2D eigenvalue weighted by molar-refractivity contribution is -0.138. The van der Waals surface area contributed by atoms with Gasteiger partial charge in [-0.15, -0.1) is 0 Å². The van der Waals surface area contributed by atoms with Gasteiger partial charge in [-0.1, -0.05) is 0 Å². The SMILES string of the molecule is NC(=O)NCCCC[C@H](N)C(=O)O.S. The maximum absolute atomic E-state index is 10.3. The Morgan fingerprint density at radius 2 is 1.93 bits per heavy atom. The summed E-state index contributed by atoms with van der Waals surface area (Å²) in [5.74, 6) is -0.997. The van der Waals surface area contributed by atoms with Crippen LogP contribution in [0.25, 0.3) is 0 Å². The van der Waals surface area contributed by atoms with E-state index in [4.69, 9.17) is 16.6 Å². The fourth-order valence-electron chi connectivity index (χ4n) is 0.824. The number of amides is 2. The summed E-state index contributed by atoms with van der Waals surface area (Å²) < 4.78 is 0. The minimum atomic E-state index is -0.997. The van der Waals surface area contributed by atoms with E-state index in [9.17, 15) is 9.59 Å². The van der Waals surface area contributed by atoms with Crippen LogP contribution in [0.2, 0.25) is 0 Å². The first kappa shape index (κ1) is 15.5. The summed E-state index contributed by atoms with van der Waals surface area (Å²) in [5, 5.41) is 10.8. The van der Waals surface area contributed by atoms with E-state index >= 15 is 0 Å². The van der Waals surface area contributed by atoms with Gasteiger partial charge in [0.15, 0.2) is 0 Å². The van der Waals surface area contributed by atoms with Crippen LogP contribution < -0.4 is 16.8 Å². The molecule has 0 aromatic heterocycles. The van der Waals surface area contributed by atoms with Gasteiger partial charge in [-0.3, -0.25) is 4.79 Å². The largest absolute Gasteiger partial charge is 0.480 e. The van der Waals surface area contributed by atoms with Crippen LogP contribution in [0.3, 0.4) is 0 Å². The van der Waals surface area contributed by atoms with Crippen LogP contribution in [0.4, 0.5) is 4.79 Å². The van der Waals surface area contributed by atoms with Gasteiger partial charge in [0.2, 0.25) is 0 Å². The number of rotatable bonds is 6. The topological polar surface area (TPSA) is 118 Å². The van der Waals surface area contributed by atoms with Crippen LogP contribution in [0.15, 0.2) is 0 Å². The van der Waals surface area contributed by atoms with E-state index in [2.05, 4.69) is 5.32 Å². The number of carbonyl (C=O) groups is 2. The van der Waals surface area contributed by atoms with Crippen molar-refractivity contribution in [1.82, 2.24) is 5.32 Å². The average Bonchev–Trinajstić information content (AvgIpc) is 2.02. The van der Waals surface area contributed by atoms with Crippen LogP contribution in [-0.4, -0.2) is 29.7 Å². The zero-order valence-corrected chi connectivity index (χ0v) is 8.82. The van der Waals surface area contributed by atoms with E-state index in [1.54, 1.807) is 0 Å². The molecule has 0 saturated carbocycles. The summed E-state index contributed by atoms with van der Waals surface area (Å²) in [6, 6.07) is -1.38. The van der Waals surface area contributed by atoms with Gasteiger partial charge in [0.05, 0.1) is 0 Å². The molecule has 0 unspecified atom stereocenters. The number of urea groups is 1. The molecule has 0 rings (SSSR count). The molecule has 0 fully saturated rings. The highest BCUT2D eigenvalue weighted by atomic mass is 32.1. The third-order valence-corrected chi connectivity index (χ3v) is 1.56. The molecule has 6 nitrogen and oxygen atoms in total. The summed E-state index contributed by atoms with van der Waals surface area (Å²) in [5.41, 5.74) is 10.1. The normalized spacial score (nSPS) is 11.2. The number of carboxylic acid groups (broad SMARTS) is 1. The van der Waals surface area contributed by atoms with E-state index in [1.807, 2.05) is 0 Å². The maximum Gasteiger partial charge on any atom is 0.320 e. The quantitative estimate of drug-likeness (QED) is 0.447. The minimum absolute atomic E-state index is 0. The molecule has 0 radical (unpaired) electrons. The zero-order valence-electron chi connectivity index (χ0n) is 7.82. The van der Waals surface area contributed by atoms with Crippen LogP contribution in [0, 0.1) is 0 Å². The average molecular weight is 223 g/mol. The van der Waals surface area contributed by atoms with Gasteiger partial charge in [-0.05, 0) is 19.3 Å². The van der Waals surface area contributed by atoms with Crippen LogP contribution in [0.1, 0.15) is 19.3 Å². The molecule has 0 aromatic rings. The number of hydrogen-bond acceptors (Lipinski definition) is 3. The van der Waals surface area contributed by atoms with Gasteiger partial charge in [-0.25, -0.2) is 4.79 Å². The van der Waals surface area contributed by atoms with Crippen molar-refractivity contribution in [2.24, 2.45) is 11.5 Å². The molecule has 0 bridgehead atoms. The highest BCUT2D eigenvalue weighted by molar-refractivity contribution is 7.59. The first-order chi connectivity index (χ1) is 6.04. The summed E-state index contributed by atoms with van der Waals surface area (Å²) >= 11 is 0. The lowest BCUT2D eigenvalue weighted by atomic mass is 10.1. The lowest BCUT2D eigenvalue weighted by Crippen LogP contribution is -2.31. The molecule has 0 aliphatic heterocycles. The highest BCUT2D eigenvalue weighted by Crippen LogP contribution is 1.97. The molecule has 0 aromatic carbocycles. The monoisotopic (exact) mass is 223 g/mol. The van der Waals surface area contributed by atoms with Gasteiger partial charge in [-0.2, -0.15) is 13.5 Å². The van der Waals surface area contributed by atoms with Crippen molar-refractivity contribution >= 4 is 25.5 Å². The van der Waals surface area contributed by atoms with E-state index in [1.165, 1.54) is 0 Å². The van der Waals surface area contributed by atoms with E-state index in [0.717, 1.165) is 0 Å². The van der Waals surface area contributed by atoms with Crippen molar-refractivity contribution < 1.29 is 14.7 Å². The molecular formula is C7H17N3O3S. The van der Waals surface area contributed by atoms with Crippen molar-refractivity contribution in [2.45, 2.75) is 25.3 Å². The molecular weight excluding hydrogens is 206 g/mol. The Kier molecular flexibility index (Phi) is 9.58. The molecule has 84 valence electrons. The molecule has 0 aliphatic carbocycles. The van der Waals surface area contributed by atoms with E-state index in [0.29, 0.717) is 25.8 Å². The lowest BCUT2D eigenvalue weighted by Gasteiger charge is -2.05. The molecule has 0 aliphatic rings. The van der Waals surface area contributed by atoms with Crippen molar-refractivity contribution in [1.29, 1.82) is 0 Å². The molecule has 0 heterocycles. The van der Waals surface area contributed by atoms with Crippen molar-refractivity contribution in [3.63, 3.8) is 0 Å². The Morgan fingerprint density at radius 1 is 1.36 bits per heavy atom. The predicted molar refractivity (Wildman–Crippen MR) is 57.4 cm³/mol. The van der Waals surface area contributed by atoms with Crippen LogP contribution in [0.5, 0.6) is 0 Å². The van der Waals surface area contributed by atoms with Gasteiger partial charge in [0, 0.05) is 6.54 Å². The molecule has 14 heavy (non-hydrogen) atoms. The van der Waals surface area contributed by atoms with Crippen molar-refractivity contribution in [3.8, 4) is 0 Å². The zero-order chi connectivity index (χ0) is 10.3. The van der Waals surface area contributed by atoms with Gasteiger partial charge in [0.25, 0.3) is 0 Å². The number of hydrogen-bond donors (Lipinski definition) is 4. The van der Waals surface area contributed by atoms with Crippen molar-refractivity contribution in [2.75, 3.05) is 6.54 Å². The van der Waals surface area contributed by atoms with Gasteiger partial charge >= 0.3 is 12.0 Å². The molecule has 2 amide bonds. The van der Waals surface area contributed by atoms with Crippen molar-refractivity contribution in [3.05, 3.63) is 0 Å². The number of primary amides is 1. The second-order valence-electron chi connectivity index (χ2n) is 2.73. The number of aliphatic carboxylic acids is 1. The van der Waals surface area contributed by atoms with Gasteiger partial charge < -0.3 is 21.9 Å². The van der Waals surface area contributed by atoms with E-state index in [-0.39, 0.29) is 13.5 Å². The summed E-state index contributed by atoms with van der Waals surface area (Å²) in [7, 11) is 0. The fraction of sp³-hybridized carbons (Fsp3) is 0.714. The summed E-state index contributed by atoms with van der Waals surface area (Å²) in [6.07, 6.45) is 1.76. The number of carbonyl (C=O) groups excluding carboxylic acids is 1. The van der Waals surface area contributed by atoms with E-state index < -0.39 is 18.0 Å². The second kappa shape index (κ2) is 8.64. The molecule has 0 spiro atoms. The molecule has 0 saturated heterocycles. The smallest absolute Gasteiger partial charge is 0.320 e. The first-order valence-corrected chi connectivity index (χ1v) is 4.05. The standard InChI is InChI=1S/C7H15N3O3.H2S/c8-5(6(11)12)3-1-2-4-10-7(9)13;/h5H,1-4,8H2,(H,11,12)(H3,9,10,13);1H2/t5-;/m0./s1. The second-order valence-corrected chi connectivity index (χ2v) is 2.73. The summed E-state index contributed by atoms with van der Waals surface area (Å²) in [6.45, 7) is 0.460. The Morgan fingerprint density at radius 3 is 2.36 bits per heavy atom. The molecule has 6 N–H and O–H groups in total. The third-order valence-electron chi connectivity index (χ3n) is 1.56. The highest BCUT2D eigenvalue weighted by Gasteiger charge is 2.09. The number of unbranched alkanes of at least 4 members (excludes halogenated alkanes) is 1. The van der Waals surface area contributed by atoms with Gasteiger partial charge in [0.1, 0.15) is 6.04 Å². The predicted octanol–water partition coefficient (Wildman–Crippen LogP) is -0.650. The minimum Gasteiger partial charge on any atom is -0.480 e. The maximum atomic E-state index is 10.3. The van der Waals surface area contributed by atoms with Crippen LogP contribution >= 0.6 is 13.5 Å².